The van der Waals surface area contributed by atoms with Crippen molar-refractivity contribution in [3.8, 4) is 0 Å². The van der Waals surface area contributed by atoms with Gasteiger partial charge in [0.15, 0.2) is 6.23 Å². The minimum Gasteiger partial charge on any atom is -0.428 e. The number of ether oxygens (including phenoxy) is 1. The summed E-state index contributed by atoms with van der Waals surface area (Å²) in [5.41, 5.74) is 6.09. The van der Waals surface area contributed by atoms with Gasteiger partial charge >= 0.3 is 6.09 Å². The van der Waals surface area contributed by atoms with Crippen LogP contribution < -0.4 is 11.1 Å². The minimum atomic E-state index is -3.69. The molecule has 0 radical (unpaired) electrons. The smallest absolute Gasteiger partial charge is 0.406 e. The van der Waals surface area contributed by atoms with Crippen LogP contribution in [0, 0.1) is 5.92 Å². The highest BCUT2D eigenvalue weighted by Crippen LogP contribution is 2.16. The molecule has 0 aliphatic heterocycles. The number of carbonyl (C=O) groups excluding carboxylic acids is 1. The van der Waals surface area contributed by atoms with Crippen LogP contribution in [0.25, 0.3) is 0 Å². The molecule has 0 saturated heterocycles. The summed E-state index contributed by atoms with van der Waals surface area (Å²) in [6.45, 7) is 3.44. The van der Waals surface area contributed by atoms with Crippen molar-refractivity contribution in [2.75, 3.05) is 14.1 Å². The maximum Gasteiger partial charge on any atom is 0.406 e. The number of aryl methyl sites for hydroxylation is 1. The third-order valence-electron chi connectivity index (χ3n) is 3.93. The maximum atomic E-state index is 12.5. The summed E-state index contributed by atoms with van der Waals surface area (Å²) < 4.78 is 31.0. The molecular formula is C17H29N3O5S. The van der Waals surface area contributed by atoms with Gasteiger partial charge in [-0.15, -0.1) is 0 Å². The Morgan fingerprint density at radius 3 is 2.31 bits per heavy atom. The van der Waals surface area contributed by atoms with Crippen LogP contribution >= 0.6 is 0 Å². The highest BCUT2D eigenvalue weighted by atomic mass is 32.2. The molecule has 0 bridgehead atoms. The summed E-state index contributed by atoms with van der Waals surface area (Å²) in [6.07, 6.45) is -2.65. The first-order valence-corrected chi connectivity index (χ1v) is 9.91. The number of aliphatic hydroxyl groups is 1. The molecule has 148 valence electrons. The van der Waals surface area contributed by atoms with Crippen molar-refractivity contribution in [3.63, 3.8) is 0 Å². The molecule has 8 nitrogen and oxygen atoms in total. The molecule has 1 aromatic rings. The third-order valence-corrected chi connectivity index (χ3v) is 6.27. The molecule has 3 atom stereocenters. The lowest BCUT2D eigenvalue weighted by Gasteiger charge is -2.31. The van der Waals surface area contributed by atoms with Gasteiger partial charge in [0, 0.05) is 14.1 Å². The summed E-state index contributed by atoms with van der Waals surface area (Å²) in [5.74, 6) is -0.331. The highest BCUT2D eigenvalue weighted by molar-refractivity contribution is 7.89. The van der Waals surface area contributed by atoms with E-state index in [0.29, 0.717) is 6.42 Å². The van der Waals surface area contributed by atoms with Gasteiger partial charge < -0.3 is 15.6 Å². The van der Waals surface area contributed by atoms with E-state index in [1.165, 1.54) is 14.1 Å². The first-order valence-electron chi connectivity index (χ1n) is 8.41. The SMILES string of the molecule is CC(C)C(N[C@@H](OC(N)=O)[C@H](O)CCc1ccccc1)S(=O)(=O)N(C)C. The van der Waals surface area contributed by atoms with Crippen molar-refractivity contribution in [3.05, 3.63) is 35.9 Å². The Hall–Kier alpha value is -1.68. The van der Waals surface area contributed by atoms with E-state index < -0.39 is 33.8 Å². The van der Waals surface area contributed by atoms with Crippen molar-refractivity contribution in [2.45, 2.75) is 44.4 Å². The van der Waals surface area contributed by atoms with Gasteiger partial charge in [-0.3, -0.25) is 5.32 Å². The number of aliphatic hydroxyl groups excluding tert-OH is 1. The van der Waals surface area contributed by atoms with E-state index in [2.05, 4.69) is 5.32 Å². The summed E-state index contributed by atoms with van der Waals surface area (Å²) in [4.78, 5) is 11.2. The quantitative estimate of drug-likeness (QED) is 0.512. The minimum absolute atomic E-state index is 0.266. The Balaban J connectivity index is 2.91. The largest absolute Gasteiger partial charge is 0.428 e. The monoisotopic (exact) mass is 387 g/mol. The predicted octanol–water partition coefficient (Wildman–Crippen LogP) is 0.865. The van der Waals surface area contributed by atoms with Crippen LogP contribution in [0.1, 0.15) is 25.8 Å². The lowest BCUT2D eigenvalue weighted by molar-refractivity contribution is -0.0201. The van der Waals surface area contributed by atoms with Gasteiger partial charge in [0.25, 0.3) is 0 Å². The highest BCUT2D eigenvalue weighted by Gasteiger charge is 2.35. The number of rotatable bonds is 10. The van der Waals surface area contributed by atoms with Crippen LogP contribution in [0.5, 0.6) is 0 Å². The number of hydrogen-bond donors (Lipinski definition) is 3. The number of primary amides is 1. The summed E-state index contributed by atoms with van der Waals surface area (Å²) in [5, 5.41) is 12.1. The van der Waals surface area contributed by atoms with Crippen LogP contribution in [-0.4, -0.2) is 55.7 Å². The number of nitrogens with one attached hydrogen (secondary N) is 1. The topological polar surface area (TPSA) is 122 Å². The average Bonchev–Trinajstić information content (AvgIpc) is 2.56. The van der Waals surface area contributed by atoms with Gasteiger partial charge in [-0.1, -0.05) is 44.2 Å². The second-order valence-corrected chi connectivity index (χ2v) is 8.88. The predicted molar refractivity (Wildman–Crippen MR) is 99.6 cm³/mol. The molecule has 0 aliphatic carbocycles. The molecule has 1 aromatic carbocycles. The van der Waals surface area contributed by atoms with Crippen LogP contribution in [-0.2, 0) is 21.2 Å². The Morgan fingerprint density at radius 1 is 1.27 bits per heavy atom. The lowest BCUT2D eigenvalue weighted by atomic mass is 10.1. The van der Waals surface area contributed by atoms with E-state index in [4.69, 9.17) is 10.5 Å². The number of sulfonamides is 1. The first-order chi connectivity index (χ1) is 12.1. The Labute approximate surface area is 155 Å². The third kappa shape index (κ3) is 6.56. The van der Waals surface area contributed by atoms with E-state index in [1.54, 1.807) is 13.8 Å². The molecule has 0 saturated carbocycles. The second-order valence-electron chi connectivity index (χ2n) is 6.61. The van der Waals surface area contributed by atoms with Gasteiger partial charge in [-0.2, -0.15) is 0 Å². The number of benzene rings is 1. The van der Waals surface area contributed by atoms with E-state index in [9.17, 15) is 18.3 Å². The molecule has 26 heavy (non-hydrogen) atoms. The molecule has 0 spiro atoms. The zero-order chi connectivity index (χ0) is 19.9. The summed E-state index contributed by atoms with van der Waals surface area (Å²) >= 11 is 0. The average molecular weight is 388 g/mol. The molecule has 0 fully saturated rings. The van der Waals surface area contributed by atoms with Crippen LogP contribution in [0.3, 0.4) is 0 Å². The van der Waals surface area contributed by atoms with Crippen LogP contribution in [0.4, 0.5) is 4.79 Å². The number of nitrogens with two attached hydrogens (primary N) is 1. The number of hydrogen-bond acceptors (Lipinski definition) is 6. The van der Waals surface area contributed by atoms with Crippen molar-refractivity contribution in [1.29, 1.82) is 0 Å². The zero-order valence-corrected chi connectivity index (χ0v) is 16.4. The van der Waals surface area contributed by atoms with Gasteiger partial charge in [-0.05, 0) is 24.3 Å². The fraction of sp³-hybridized carbons (Fsp3) is 0.588. The number of nitrogens with zero attached hydrogens (tertiary/aromatic N) is 1. The van der Waals surface area contributed by atoms with Gasteiger partial charge in [0.1, 0.15) is 11.5 Å². The van der Waals surface area contributed by atoms with Crippen LogP contribution in [0.2, 0.25) is 0 Å². The maximum absolute atomic E-state index is 12.5. The van der Waals surface area contributed by atoms with Crippen LogP contribution in [0.15, 0.2) is 30.3 Å². The molecule has 0 heterocycles. The van der Waals surface area contributed by atoms with Gasteiger partial charge in [-0.25, -0.2) is 17.5 Å². The van der Waals surface area contributed by atoms with E-state index >= 15 is 0 Å². The first kappa shape index (κ1) is 22.4. The van der Waals surface area contributed by atoms with E-state index in [0.717, 1.165) is 9.87 Å². The standard InChI is InChI=1S/C17H29N3O5S/c1-12(2)16(26(23,24)20(3)4)19-15(25-17(18)22)14(21)11-10-13-8-6-5-7-9-13/h5-9,12,14-16,19,21H,10-11H2,1-4H3,(H2,18,22)/t14-,15+,16?/m1/s1. The van der Waals surface area contributed by atoms with Crippen molar-refractivity contribution in [1.82, 2.24) is 9.62 Å². The normalized spacial score (nSPS) is 15.7. The molecule has 1 unspecified atom stereocenters. The Morgan fingerprint density at radius 2 is 1.85 bits per heavy atom. The van der Waals surface area contributed by atoms with Crippen molar-refractivity contribution >= 4 is 16.1 Å². The van der Waals surface area contributed by atoms with Crippen molar-refractivity contribution in [2.24, 2.45) is 11.7 Å². The fourth-order valence-electron chi connectivity index (χ4n) is 2.47. The number of carbonyl (C=O) groups is 1. The summed E-state index contributed by atoms with van der Waals surface area (Å²) in [6, 6.07) is 9.49. The molecule has 0 aliphatic rings. The van der Waals surface area contributed by atoms with Gasteiger partial charge in [0.05, 0.1) is 0 Å². The molecule has 1 amide bonds. The molecule has 9 heteroatoms. The molecule has 4 N–H and O–H groups in total. The van der Waals surface area contributed by atoms with Crippen molar-refractivity contribution < 1.29 is 23.1 Å². The summed E-state index contributed by atoms with van der Waals surface area (Å²) in [7, 11) is -0.853. The lowest BCUT2D eigenvalue weighted by Crippen LogP contribution is -2.55. The Bertz CT molecular complexity index is 664. The fourth-order valence-corrected chi connectivity index (χ4v) is 3.92. The molecule has 1 rings (SSSR count). The number of amides is 1. The van der Waals surface area contributed by atoms with E-state index in [1.807, 2.05) is 30.3 Å². The second kappa shape index (κ2) is 9.86. The molecular weight excluding hydrogens is 358 g/mol. The van der Waals surface area contributed by atoms with E-state index in [-0.39, 0.29) is 12.3 Å². The van der Waals surface area contributed by atoms with Gasteiger partial charge in [0.2, 0.25) is 10.0 Å². The zero-order valence-electron chi connectivity index (χ0n) is 15.6. The molecule has 0 aromatic heterocycles. The Kier molecular flexibility index (Phi) is 8.48.